The lowest BCUT2D eigenvalue weighted by Crippen LogP contribution is -2.44. The zero-order valence-electron chi connectivity index (χ0n) is 11.8. The van der Waals surface area contributed by atoms with Gasteiger partial charge in [0.2, 0.25) is 0 Å². The van der Waals surface area contributed by atoms with Gasteiger partial charge in [-0.2, -0.15) is 0 Å². The van der Waals surface area contributed by atoms with Crippen LogP contribution in [0.1, 0.15) is 31.3 Å². The molecule has 1 atom stereocenters. The molecule has 20 heavy (non-hydrogen) atoms. The first-order valence-electron chi connectivity index (χ1n) is 6.59. The smallest absolute Gasteiger partial charge is 0.269 e. The van der Waals surface area contributed by atoms with Crippen molar-refractivity contribution in [1.82, 2.24) is 10.3 Å². The Morgan fingerprint density at radius 2 is 2.10 bits per heavy atom. The molecule has 1 aromatic carbocycles. The number of hydrogen-bond donors (Lipinski definition) is 3. The highest BCUT2D eigenvalue weighted by Gasteiger charge is 2.26. The van der Waals surface area contributed by atoms with Gasteiger partial charge in [-0.25, -0.2) is 0 Å². The van der Waals surface area contributed by atoms with Crippen molar-refractivity contribution in [2.75, 3.05) is 6.54 Å². The number of fused-ring (bicyclic) bond motifs is 1. The van der Waals surface area contributed by atoms with Gasteiger partial charge < -0.3 is 15.4 Å². The standard InChI is InChI=1S/C15H19BrN2O2/c1-9(2)15(3,20)8-17-14(19)13-12(16)10-6-4-5-7-11(10)18-13/h4-7,9,18,20H,8H2,1-3H3,(H,17,19). The van der Waals surface area contributed by atoms with Crippen molar-refractivity contribution in [3.8, 4) is 0 Å². The molecule has 0 radical (unpaired) electrons. The minimum Gasteiger partial charge on any atom is -0.388 e. The van der Waals surface area contributed by atoms with Gasteiger partial charge >= 0.3 is 0 Å². The van der Waals surface area contributed by atoms with Crippen molar-refractivity contribution in [2.45, 2.75) is 26.4 Å². The molecule has 2 aromatic rings. The molecule has 0 aliphatic rings. The van der Waals surface area contributed by atoms with E-state index in [0.717, 1.165) is 15.4 Å². The third kappa shape index (κ3) is 2.88. The first-order valence-corrected chi connectivity index (χ1v) is 7.39. The molecule has 1 amide bonds. The fourth-order valence-corrected chi connectivity index (χ4v) is 2.44. The lowest BCUT2D eigenvalue weighted by atomic mass is 9.92. The number of H-pyrrole nitrogens is 1. The Bertz CT molecular complexity index is 632. The summed E-state index contributed by atoms with van der Waals surface area (Å²) in [6.45, 7) is 5.78. The first-order chi connectivity index (χ1) is 9.33. The van der Waals surface area contributed by atoms with E-state index in [2.05, 4.69) is 26.2 Å². The minimum atomic E-state index is -0.922. The monoisotopic (exact) mass is 338 g/mol. The van der Waals surface area contributed by atoms with Crippen LogP contribution < -0.4 is 5.32 Å². The third-order valence-corrected chi connectivity index (χ3v) is 4.54. The number of amides is 1. The van der Waals surface area contributed by atoms with Crippen molar-refractivity contribution in [2.24, 2.45) is 5.92 Å². The fraction of sp³-hybridized carbons (Fsp3) is 0.400. The van der Waals surface area contributed by atoms with E-state index in [0.29, 0.717) is 5.69 Å². The second kappa shape index (κ2) is 5.58. The van der Waals surface area contributed by atoms with E-state index in [1.165, 1.54) is 0 Å². The van der Waals surface area contributed by atoms with Gasteiger partial charge in [-0.05, 0) is 34.8 Å². The topological polar surface area (TPSA) is 65.1 Å². The maximum Gasteiger partial charge on any atom is 0.269 e. The molecule has 0 bridgehead atoms. The number of para-hydroxylation sites is 1. The van der Waals surface area contributed by atoms with E-state index in [4.69, 9.17) is 0 Å². The third-order valence-electron chi connectivity index (χ3n) is 3.72. The molecule has 0 fully saturated rings. The van der Waals surface area contributed by atoms with Gasteiger partial charge in [0.1, 0.15) is 5.69 Å². The molecule has 3 N–H and O–H groups in total. The van der Waals surface area contributed by atoms with Crippen LogP contribution in [0.5, 0.6) is 0 Å². The van der Waals surface area contributed by atoms with Gasteiger partial charge in [-0.3, -0.25) is 4.79 Å². The maximum atomic E-state index is 12.2. The van der Waals surface area contributed by atoms with Crippen molar-refractivity contribution in [3.05, 3.63) is 34.4 Å². The highest BCUT2D eigenvalue weighted by atomic mass is 79.9. The van der Waals surface area contributed by atoms with E-state index in [9.17, 15) is 9.90 Å². The Balaban J connectivity index is 2.18. The minimum absolute atomic E-state index is 0.0638. The number of halogens is 1. The number of carbonyl (C=O) groups excluding carboxylic acids is 1. The predicted molar refractivity (Wildman–Crippen MR) is 83.8 cm³/mol. The molecule has 1 unspecified atom stereocenters. The summed E-state index contributed by atoms with van der Waals surface area (Å²) < 4.78 is 0.745. The summed E-state index contributed by atoms with van der Waals surface area (Å²) >= 11 is 3.45. The van der Waals surface area contributed by atoms with Crippen LogP contribution in [0.4, 0.5) is 0 Å². The molecule has 4 nitrogen and oxygen atoms in total. The van der Waals surface area contributed by atoms with Crippen LogP contribution in [0.15, 0.2) is 28.7 Å². The summed E-state index contributed by atoms with van der Waals surface area (Å²) in [4.78, 5) is 15.3. The number of benzene rings is 1. The second-order valence-corrected chi connectivity index (χ2v) is 6.35. The highest BCUT2D eigenvalue weighted by Crippen LogP contribution is 2.27. The molecular weight excluding hydrogens is 320 g/mol. The number of hydrogen-bond acceptors (Lipinski definition) is 2. The van der Waals surface area contributed by atoms with Crippen molar-refractivity contribution in [1.29, 1.82) is 0 Å². The van der Waals surface area contributed by atoms with Crippen LogP contribution in [0.25, 0.3) is 10.9 Å². The number of aliphatic hydroxyl groups is 1. The number of rotatable bonds is 4. The zero-order chi connectivity index (χ0) is 14.9. The van der Waals surface area contributed by atoms with Crippen LogP contribution in [0, 0.1) is 5.92 Å². The van der Waals surface area contributed by atoms with Crippen LogP contribution in [0.3, 0.4) is 0 Å². The molecular formula is C15H19BrN2O2. The van der Waals surface area contributed by atoms with E-state index in [1.54, 1.807) is 6.92 Å². The molecule has 0 spiro atoms. The Labute approximate surface area is 126 Å². The summed E-state index contributed by atoms with van der Waals surface area (Å²) in [5.74, 6) is -0.164. The molecule has 2 rings (SSSR count). The van der Waals surface area contributed by atoms with Crippen molar-refractivity contribution in [3.63, 3.8) is 0 Å². The van der Waals surface area contributed by atoms with Gasteiger partial charge in [-0.15, -0.1) is 0 Å². The van der Waals surface area contributed by atoms with Crippen LogP contribution in [-0.2, 0) is 0 Å². The second-order valence-electron chi connectivity index (χ2n) is 5.55. The summed E-state index contributed by atoms with van der Waals surface area (Å²) in [5.41, 5.74) is 0.458. The number of nitrogens with one attached hydrogen (secondary N) is 2. The number of aromatic nitrogens is 1. The molecule has 1 heterocycles. The molecule has 5 heteroatoms. The average molecular weight is 339 g/mol. The summed E-state index contributed by atoms with van der Waals surface area (Å²) in [6.07, 6.45) is 0. The van der Waals surface area contributed by atoms with Gasteiger partial charge in [0, 0.05) is 17.4 Å². The molecule has 0 saturated heterocycles. The first kappa shape index (κ1) is 15.1. The lowest BCUT2D eigenvalue weighted by Gasteiger charge is -2.27. The largest absolute Gasteiger partial charge is 0.388 e. The maximum absolute atomic E-state index is 12.2. The molecule has 0 saturated carbocycles. The number of carbonyl (C=O) groups is 1. The normalized spacial score (nSPS) is 14.5. The Morgan fingerprint density at radius 3 is 2.70 bits per heavy atom. The van der Waals surface area contributed by atoms with Gasteiger partial charge in [0.05, 0.1) is 10.1 Å². The Hall–Kier alpha value is -1.33. The molecule has 1 aromatic heterocycles. The average Bonchev–Trinajstić information content (AvgIpc) is 2.74. The predicted octanol–water partition coefficient (Wildman–Crippen LogP) is 3.07. The Morgan fingerprint density at radius 1 is 1.45 bits per heavy atom. The van der Waals surface area contributed by atoms with E-state index < -0.39 is 5.60 Å². The molecule has 0 aliphatic heterocycles. The van der Waals surface area contributed by atoms with E-state index >= 15 is 0 Å². The Kier molecular flexibility index (Phi) is 4.20. The zero-order valence-corrected chi connectivity index (χ0v) is 13.4. The lowest BCUT2D eigenvalue weighted by molar-refractivity contribution is 0.0142. The van der Waals surface area contributed by atoms with Gasteiger partial charge in [0.25, 0.3) is 5.91 Å². The highest BCUT2D eigenvalue weighted by molar-refractivity contribution is 9.10. The summed E-state index contributed by atoms with van der Waals surface area (Å²) in [7, 11) is 0. The van der Waals surface area contributed by atoms with E-state index in [1.807, 2.05) is 38.1 Å². The van der Waals surface area contributed by atoms with Gasteiger partial charge in [0.15, 0.2) is 0 Å². The van der Waals surface area contributed by atoms with Gasteiger partial charge in [-0.1, -0.05) is 32.0 Å². The van der Waals surface area contributed by atoms with Crippen LogP contribution >= 0.6 is 15.9 Å². The number of aromatic amines is 1. The molecule has 108 valence electrons. The van der Waals surface area contributed by atoms with Crippen LogP contribution in [-0.4, -0.2) is 28.1 Å². The summed E-state index contributed by atoms with van der Waals surface area (Å²) in [6, 6.07) is 7.70. The molecule has 0 aliphatic carbocycles. The quantitative estimate of drug-likeness (QED) is 0.802. The van der Waals surface area contributed by atoms with Crippen molar-refractivity contribution >= 4 is 32.7 Å². The van der Waals surface area contributed by atoms with Crippen LogP contribution in [0.2, 0.25) is 0 Å². The van der Waals surface area contributed by atoms with E-state index in [-0.39, 0.29) is 18.4 Å². The van der Waals surface area contributed by atoms with Crippen molar-refractivity contribution < 1.29 is 9.90 Å². The fourth-order valence-electron chi connectivity index (χ4n) is 1.82. The SMILES string of the molecule is CC(C)C(C)(O)CNC(=O)c1[nH]c2ccccc2c1Br. The summed E-state index contributed by atoms with van der Waals surface area (Å²) in [5, 5.41) is 13.9.